The molecule has 0 unspecified atom stereocenters. The van der Waals surface area contributed by atoms with Crippen molar-refractivity contribution >= 4 is 28.6 Å². The fourth-order valence-electron chi connectivity index (χ4n) is 1.95. The molecule has 0 aliphatic heterocycles. The summed E-state index contributed by atoms with van der Waals surface area (Å²) in [6.07, 6.45) is 1.90. The third kappa shape index (κ3) is 2.13. The highest BCUT2D eigenvalue weighted by atomic mass is 32.1. The summed E-state index contributed by atoms with van der Waals surface area (Å²) in [6, 6.07) is 7.45. The van der Waals surface area contributed by atoms with E-state index in [0.717, 1.165) is 22.7 Å². The number of imidazole rings is 1. The SMILES string of the molecule is Cc1nc2ccc(NC(=O)c3cccs3)cn2c1C. The molecule has 3 aromatic rings. The highest BCUT2D eigenvalue weighted by Crippen LogP contribution is 2.17. The molecule has 0 saturated heterocycles. The van der Waals surface area contributed by atoms with E-state index in [-0.39, 0.29) is 5.91 Å². The lowest BCUT2D eigenvalue weighted by Crippen LogP contribution is -2.10. The van der Waals surface area contributed by atoms with Crippen LogP contribution >= 0.6 is 11.3 Å². The van der Waals surface area contributed by atoms with Crippen molar-refractivity contribution in [2.45, 2.75) is 13.8 Å². The molecule has 3 rings (SSSR count). The summed E-state index contributed by atoms with van der Waals surface area (Å²) in [6.45, 7) is 3.99. The monoisotopic (exact) mass is 271 g/mol. The van der Waals surface area contributed by atoms with Crippen LogP contribution in [0.4, 0.5) is 5.69 Å². The highest BCUT2D eigenvalue weighted by molar-refractivity contribution is 7.12. The Morgan fingerprint density at radius 3 is 2.89 bits per heavy atom. The molecule has 1 amide bonds. The van der Waals surface area contributed by atoms with E-state index >= 15 is 0 Å². The first-order chi connectivity index (χ1) is 9.15. The largest absolute Gasteiger partial charge is 0.320 e. The minimum absolute atomic E-state index is 0.0798. The normalized spacial score (nSPS) is 10.8. The van der Waals surface area contributed by atoms with Crippen molar-refractivity contribution in [3.05, 3.63) is 52.1 Å². The summed E-state index contributed by atoms with van der Waals surface area (Å²) >= 11 is 1.43. The van der Waals surface area contributed by atoms with Gasteiger partial charge in [-0.25, -0.2) is 4.98 Å². The van der Waals surface area contributed by atoms with Gasteiger partial charge in [-0.2, -0.15) is 0 Å². The maximum Gasteiger partial charge on any atom is 0.265 e. The smallest absolute Gasteiger partial charge is 0.265 e. The van der Waals surface area contributed by atoms with Crippen molar-refractivity contribution in [2.24, 2.45) is 0 Å². The van der Waals surface area contributed by atoms with Gasteiger partial charge in [-0.05, 0) is 37.4 Å². The lowest BCUT2D eigenvalue weighted by molar-refractivity contribution is 0.103. The molecule has 0 aliphatic carbocycles. The molecular weight excluding hydrogens is 258 g/mol. The molecule has 0 aromatic carbocycles. The maximum atomic E-state index is 12.0. The van der Waals surface area contributed by atoms with Crippen molar-refractivity contribution in [3.8, 4) is 0 Å². The number of carbonyl (C=O) groups is 1. The number of anilines is 1. The Balaban J connectivity index is 1.93. The standard InChI is InChI=1S/C14H13N3OS/c1-9-10(2)17-8-11(5-6-13(17)15-9)16-14(18)12-4-3-7-19-12/h3-8H,1-2H3,(H,16,18). The van der Waals surface area contributed by atoms with Gasteiger partial charge in [-0.15, -0.1) is 11.3 Å². The fourth-order valence-corrected chi connectivity index (χ4v) is 2.57. The Kier molecular flexibility index (Phi) is 2.83. The molecule has 0 atom stereocenters. The summed E-state index contributed by atoms with van der Waals surface area (Å²) in [7, 11) is 0. The van der Waals surface area contributed by atoms with Gasteiger partial charge in [0.1, 0.15) is 5.65 Å². The number of carbonyl (C=O) groups excluding carboxylic acids is 1. The van der Waals surface area contributed by atoms with E-state index in [9.17, 15) is 4.79 Å². The minimum Gasteiger partial charge on any atom is -0.320 e. The first-order valence-corrected chi connectivity index (χ1v) is 6.83. The second-order valence-electron chi connectivity index (χ2n) is 4.36. The summed E-state index contributed by atoms with van der Waals surface area (Å²) in [5.74, 6) is -0.0798. The number of pyridine rings is 1. The van der Waals surface area contributed by atoms with E-state index in [1.54, 1.807) is 0 Å². The van der Waals surface area contributed by atoms with Crippen LogP contribution in [0.25, 0.3) is 5.65 Å². The Labute approximate surface area is 114 Å². The van der Waals surface area contributed by atoms with Crippen LogP contribution in [0.2, 0.25) is 0 Å². The Hall–Kier alpha value is -2.14. The number of thiophene rings is 1. The van der Waals surface area contributed by atoms with Gasteiger partial charge in [0, 0.05) is 11.9 Å². The molecule has 0 aliphatic rings. The zero-order valence-electron chi connectivity index (χ0n) is 10.7. The number of aromatic nitrogens is 2. The Morgan fingerprint density at radius 1 is 1.32 bits per heavy atom. The summed E-state index contributed by atoms with van der Waals surface area (Å²) in [5, 5.41) is 4.79. The predicted octanol–water partition coefficient (Wildman–Crippen LogP) is 3.26. The predicted molar refractivity (Wildman–Crippen MR) is 76.9 cm³/mol. The molecule has 96 valence electrons. The molecule has 3 aromatic heterocycles. The van der Waals surface area contributed by atoms with Crippen molar-refractivity contribution in [1.29, 1.82) is 0 Å². The Morgan fingerprint density at radius 2 is 2.16 bits per heavy atom. The van der Waals surface area contributed by atoms with Crippen LogP contribution in [-0.2, 0) is 0 Å². The molecule has 4 nitrogen and oxygen atoms in total. The topological polar surface area (TPSA) is 46.4 Å². The molecule has 1 N–H and O–H groups in total. The number of hydrogen-bond acceptors (Lipinski definition) is 3. The molecule has 0 saturated carbocycles. The molecule has 19 heavy (non-hydrogen) atoms. The number of amides is 1. The van der Waals surface area contributed by atoms with Gasteiger partial charge >= 0.3 is 0 Å². The third-order valence-electron chi connectivity index (χ3n) is 3.10. The minimum atomic E-state index is -0.0798. The van der Waals surface area contributed by atoms with Gasteiger partial charge in [-0.3, -0.25) is 4.79 Å². The van der Waals surface area contributed by atoms with Gasteiger partial charge in [-0.1, -0.05) is 6.07 Å². The molecule has 5 heteroatoms. The summed E-state index contributed by atoms with van der Waals surface area (Å²) < 4.78 is 1.99. The van der Waals surface area contributed by atoms with E-state index in [4.69, 9.17) is 0 Å². The Bertz CT molecular complexity index is 743. The summed E-state index contributed by atoms with van der Waals surface area (Å²) in [4.78, 5) is 17.1. The second kappa shape index (κ2) is 4.51. The van der Waals surface area contributed by atoms with Crippen LogP contribution in [0.1, 0.15) is 21.1 Å². The average Bonchev–Trinajstić information content (AvgIpc) is 3.01. The molecule has 0 bridgehead atoms. The lowest BCUT2D eigenvalue weighted by Gasteiger charge is -2.05. The van der Waals surface area contributed by atoms with Crippen LogP contribution in [-0.4, -0.2) is 15.3 Å². The number of aryl methyl sites for hydroxylation is 2. The van der Waals surface area contributed by atoms with Gasteiger partial charge in [0.05, 0.1) is 16.3 Å². The molecular formula is C14H13N3OS. The fraction of sp³-hybridized carbons (Fsp3) is 0.143. The van der Waals surface area contributed by atoms with E-state index in [1.165, 1.54) is 11.3 Å². The zero-order valence-corrected chi connectivity index (χ0v) is 11.5. The van der Waals surface area contributed by atoms with E-state index in [2.05, 4.69) is 10.3 Å². The third-order valence-corrected chi connectivity index (χ3v) is 3.97. The van der Waals surface area contributed by atoms with Crippen LogP contribution in [0.3, 0.4) is 0 Å². The van der Waals surface area contributed by atoms with Gasteiger partial charge < -0.3 is 9.72 Å². The van der Waals surface area contributed by atoms with Gasteiger partial charge in [0.2, 0.25) is 0 Å². The number of rotatable bonds is 2. The van der Waals surface area contributed by atoms with E-state index in [0.29, 0.717) is 4.88 Å². The number of nitrogens with one attached hydrogen (secondary N) is 1. The average molecular weight is 271 g/mol. The van der Waals surface area contributed by atoms with E-state index < -0.39 is 0 Å². The van der Waals surface area contributed by atoms with Crippen LogP contribution in [0.15, 0.2) is 35.8 Å². The van der Waals surface area contributed by atoms with E-state index in [1.807, 2.05) is 54.1 Å². The molecule has 0 spiro atoms. The first kappa shape index (κ1) is 11.9. The molecule has 0 fully saturated rings. The molecule has 0 radical (unpaired) electrons. The quantitative estimate of drug-likeness (QED) is 0.777. The number of hydrogen-bond donors (Lipinski definition) is 1. The first-order valence-electron chi connectivity index (χ1n) is 5.95. The van der Waals surface area contributed by atoms with Crippen molar-refractivity contribution in [2.75, 3.05) is 5.32 Å². The maximum absolute atomic E-state index is 12.0. The lowest BCUT2D eigenvalue weighted by atomic mass is 10.3. The number of nitrogens with zero attached hydrogens (tertiary/aromatic N) is 2. The summed E-state index contributed by atoms with van der Waals surface area (Å²) in [5.41, 5.74) is 3.75. The van der Waals surface area contributed by atoms with Crippen LogP contribution < -0.4 is 5.32 Å². The highest BCUT2D eigenvalue weighted by Gasteiger charge is 2.09. The number of fused-ring (bicyclic) bond motifs is 1. The van der Waals surface area contributed by atoms with Crippen molar-refractivity contribution in [1.82, 2.24) is 9.38 Å². The van der Waals surface area contributed by atoms with Gasteiger partial charge in [0.25, 0.3) is 5.91 Å². The molecule has 3 heterocycles. The zero-order chi connectivity index (χ0) is 13.4. The van der Waals surface area contributed by atoms with Crippen molar-refractivity contribution in [3.63, 3.8) is 0 Å². The van der Waals surface area contributed by atoms with Crippen LogP contribution in [0, 0.1) is 13.8 Å². The van der Waals surface area contributed by atoms with Crippen molar-refractivity contribution < 1.29 is 4.79 Å². The van der Waals surface area contributed by atoms with Crippen LogP contribution in [0.5, 0.6) is 0 Å². The van der Waals surface area contributed by atoms with Gasteiger partial charge in [0.15, 0.2) is 0 Å². The second-order valence-corrected chi connectivity index (χ2v) is 5.31.